The van der Waals surface area contributed by atoms with Crippen LogP contribution in [0.25, 0.3) is 21.9 Å². The Morgan fingerprint density at radius 3 is 2.94 bits per heavy atom. The van der Waals surface area contributed by atoms with Crippen molar-refractivity contribution in [2.24, 2.45) is 0 Å². The van der Waals surface area contributed by atoms with Crippen LogP contribution in [0.3, 0.4) is 0 Å². The molecule has 8 nitrogen and oxygen atoms in total. The lowest BCUT2D eigenvalue weighted by Crippen LogP contribution is -2.38. The Bertz CT molecular complexity index is 1370. The van der Waals surface area contributed by atoms with Gasteiger partial charge in [0.1, 0.15) is 18.0 Å². The molecule has 2 atom stereocenters. The number of fused-ring (bicyclic) bond motifs is 2. The summed E-state index contributed by atoms with van der Waals surface area (Å²) in [6.07, 6.45) is 3.35. The van der Waals surface area contributed by atoms with Gasteiger partial charge in [0.25, 0.3) is 5.91 Å². The van der Waals surface area contributed by atoms with Crippen molar-refractivity contribution >= 4 is 56.9 Å². The minimum Gasteiger partial charge on any atom is -0.383 e. The number of anilines is 1. The van der Waals surface area contributed by atoms with Gasteiger partial charge < -0.3 is 19.9 Å². The first-order chi connectivity index (χ1) is 16.4. The highest BCUT2D eigenvalue weighted by Gasteiger charge is 2.30. The Morgan fingerprint density at radius 1 is 1.26 bits per heavy atom. The molecule has 1 amide bonds. The van der Waals surface area contributed by atoms with Gasteiger partial charge in [0.05, 0.1) is 45.8 Å². The quantitative estimate of drug-likeness (QED) is 0.377. The topological polar surface area (TPSA) is 96.0 Å². The fraction of sp³-hybridized carbons (Fsp3) is 0.333. The standard InChI is InChI=1S/C24H24Cl2N6O2/c1-13(22-30-19-6-5-14(25)8-21(19)31-22)29-23-17-9-18(26)16(10-20(17)27-12-28-23)24(33)32-7-3-4-15(32)11-34-2/h5-6,8-10,12-13,15H,3-4,7,11H2,1-2H3,(H,30,31)(H,27,28,29)/t13?,15-/m1/s1. The maximum Gasteiger partial charge on any atom is 0.255 e. The van der Waals surface area contributed by atoms with E-state index >= 15 is 0 Å². The van der Waals surface area contributed by atoms with Crippen molar-refractivity contribution in [3.05, 3.63) is 58.1 Å². The molecule has 5 rings (SSSR count). The van der Waals surface area contributed by atoms with Crippen LogP contribution in [0.2, 0.25) is 10.0 Å². The Morgan fingerprint density at radius 2 is 2.12 bits per heavy atom. The number of methoxy groups -OCH3 is 1. The summed E-state index contributed by atoms with van der Waals surface area (Å²) in [6, 6.07) is 8.90. The largest absolute Gasteiger partial charge is 0.383 e. The zero-order chi connectivity index (χ0) is 23.8. The summed E-state index contributed by atoms with van der Waals surface area (Å²) in [5.74, 6) is 1.25. The molecule has 0 bridgehead atoms. The number of H-pyrrole nitrogens is 1. The maximum absolute atomic E-state index is 13.3. The van der Waals surface area contributed by atoms with E-state index in [0.717, 1.165) is 35.1 Å². The number of halogens is 2. The molecule has 1 saturated heterocycles. The third-order valence-electron chi connectivity index (χ3n) is 6.18. The number of ether oxygens (including phenoxy) is 1. The number of aromatic amines is 1. The maximum atomic E-state index is 13.3. The molecule has 0 spiro atoms. The first-order valence-electron chi connectivity index (χ1n) is 11.1. The Hall–Kier alpha value is -2.94. The number of likely N-dealkylation sites (tertiary alicyclic amines) is 1. The summed E-state index contributed by atoms with van der Waals surface area (Å²) >= 11 is 12.7. The zero-order valence-corrected chi connectivity index (χ0v) is 20.3. The molecule has 0 aliphatic carbocycles. The average molecular weight is 499 g/mol. The number of rotatable bonds is 6. The molecule has 176 valence electrons. The second-order valence-corrected chi connectivity index (χ2v) is 9.31. The Kier molecular flexibility index (Phi) is 6.29. The van der Waals surface area contributed by atoms with Crippen molar-refractivity contribution in [1.29, 1.82) is 0 Å². The van der Waals surface area contributed by atoms with Gasteiger partial charge >= 0.3 is 0 Å². The van der Waals surface area contributed by atoms with Gasteiger partial charge in [0, 0.05) is 24.1 Å². The van der Waals surface area contributed by atoms with Crippen molar-refractivity contribution in [3.63, 3.8) is 0 Å². The van der Waals surface area contributed by atoms with Crippen LogP contribution in [0.1, 0.15) is 42.0 Å². The SMILES string of the molecule is COC[C@H]1CCCN1C(=O)c1cc2ncnc(NC(C)c3nc4ccc(Cl)cc4[nH]3)c2cc1Cl. The molecule has 0 radical (unpaired) electrons. The summed E-state index contributed by atoms with van der Waals surface area (Å²) in [5, 5.41) is 5.12. The average Bonchev–Trinajstić information content (AvgIpc) is 3.45. The number of benzene rings is 2. The molecule has 2 aromatic heterocycles. The third kappa shape index (κ3) is 4.29. The summed E-state index contributed by atoms with van der Waals surface area (Å²) in [7, 11) is 1.65. The molecule has 1 aliphatic heterocycles. The fourth-order valence-electron chi connectivity index (χ4n) is 4.46. The van der Waals surface area contributed by atoms with E-state index in [0.29, 0.717) is 40.1 Å². The summed E-state index contributed by atoms with van der Waals surface area (Å²) in [5.41, 5.74) is 2.77. The van der Waals surface area contributed by atoms with E-state index in [1.165, 1.54) is 6.33 Å². The first-order valence-corrected chi connectivity index (χ1v) is 11.9. The van der Waals surface area contributed by atoms with Gasteiger partial charge in [0.15, 0.2) is 0 Å². The minimum absolute atomic E-state index is 0.0615. The summed E-state index contributed by atoms with van der Waals surface area (Å²) in [4.78, 5) is 31.8. The second-order valence-electron chi connectivity index (χ2n) is 8.47. The Labute approximate surface area is 206 Å². The van der Waals surface area contributed by atoms with Gasteiger partial charge in [-0.15, -0.1) is 0 Å². The van der Waals surface area contributed by atoms with Crippen LogP contribution in [0.4, 0.5) is 5.82 Å². The Balaban J connectivity index is 1.43. The van der Waals surface area contributed by atoms with Crippen molar-refractivity contribution < 1.29 is 9.53 Å². The number of aromatic nitrogens is 4. The molecule has 1 aliphatic rings. The van der Waals surface area contributed by atoms with Gasteiger partial charge in [-0.2, -0.15) is 0 Å². The van der Waals surface area contributed by atoms with Gasteiger partial charge in [-0.3, -0.25) is 4.79 Å². The molecule has 1 fully saturated rings. The molecule has 2 N–H and O–H groups in total. The number of nitrogens with one attached hydrogen (secondary N) is 2. The molecular weight excluding hydrogens is 475 g/mol. The molecule has 10 heteroatoms. The van der Waals surface area contributed by atoms with Crippen LogP contribution in [-0.4, -0.2) is 57.0 Å². The van der Waals surface area contributed by atoms with Gasteiger partial charge in [-0.05, 0) is 50.1 Å². The molecule has 34 heavy (non-hydrogen) atoms. The smallest absolute Gasteiger partial charge is 0.255 e. The van der Waals surface area contributed by atoms with Crippen LogP contribution < -0.4 is 5.32 Å². The summed E-state index contributed by atoms with van der Waals surface area (Å²) < 4.78 is 5.29. The highest BCUT2D eigenvalue weighted by molar-refractivity contribution is 6.35. The van der Waals surface area contributed by atoms with E-state index in [1.807, 2.05) is 30.0 Å². The summed E-state index contributed by atoms with van der Waals surface area (Å²) in [6.45, 7) is 3.19. The predicted octanol–water partition coefficient (Wildman–Crippen LogP) is 5.24. The van der Waals surface area contributed by atoms with Crippen molar-refractivity contribution in [1.82, 2.24) is 24.8 Å². The molecule has 1 unspecified atom stereocenters. The number of carbonyl (C=O) groups is 1. The van der Waals surface area contributed by atoms with Gasteiger partial charge in [0.2, 0.25) is 0 Å². The van der Waals surface area contributed by atoms with Crippen LogP contribution in [0.15, 0.2) is 36.7 Å². The van der Waals surface area contributed by atoms with Crippen LogP contribution in [-0.2, 0) is 4.74 Å². The number of imidazole rings is 1. The highest BCUT2D eigenvalue weighted by atomic mass is 35.5. The number of nitrogens with zero attached hydrogens (tertiary/aromatic N) is 4. The monoisotopic (exact) mass is 498 g/mol. The lowest BCUT2D eigenvalue weighted by Gasteiger charge is -2.24. The lowest BCUT2D eigenvalue weighted by molar-refractivity contribution is 0.0631. The van der Waals surface area contributed by atoms with Crippen molar-refractivity contribution in [3.8, 4) is 0 Å². The van der Waals surface area contributed by atoms with E-state index in [-0.39, 0.29) is 18.0 Å². The van der Waals surface area contributed by atoms with E-state index in [2.05, 4.69) is 25.3 Å². The van der Waals surface area contributed by atoms with E-state index in [4.69, 9.17) is 27.9 Å². The van der Waals surface area contributed by atoms with Gasteiger partial charge in [-0.25, -0.2) is 15.0 Å². The van der Waals surface area contributed by atoms with E-state index in [9.17, 15) is 4.79 Å². The number of amides is 1. The number of hydrogen-bond acceptors (Lipinski definition) is 6. The first kappa shape index (κ1) is 22.8. The molecule has 2 aromatic carbocycles. The predicted molar refractivity (Wildman–Crippen MR) is 134 cm³/mol. The highest BCUT2D eigenvalue weighted by Crippen LogP contribution is 2.31. The van der Waals surface area contributed by atoms with Crippen molar-refractivity contribution in [2.45, 2.75) is 31.8 Å². The van der Waals surface area contributed by atoms with E-state index < -0.39 is 0 Å². The molecule has 0 saturated carbocycles. The zero-order valence-electron chi connectivity index (χ0n) is 18.8. The molecule has 3 heterocycles. The molecule has 4 aromatic rings. The van der Waals surface area contributed by atoms with Crippen LogP contribution in [0.5, 0.6) is 0 Å². The fourth-order valence-corrected chi connectivity index (χ4v) is 4.88. The lowest BCUT2D eigenvalue weighted by atomic mass is 10.1. The van der Waals surface area contributed by atoms with Crippen LogP contribution >= 0.6 is 23.2 Å². The van der Waals surface area contributed by atoms with Gasteiger partial charge in [-0.1, -0.05) is 23.2 Å². The number of hydrogen-bond donors (Lipinski definition) is 2. The molecular formula is C24H24Cl2N6O2. The van der Waals surface area contributed by atoms with E-state index in [1.54, 1.807) is 19.2 Å². The normalized spacial score (nSPS) is 16.9. The van der Waals surface area contributed by atoms with Crippen LogP contribution in [0, 0.1) is 0 Å². The second kappa shape index (κ2) is 9.37. The van der Waals surface area contributed by atoms with Crippen molar-refractivity contribution in [2.75, 3.05) is 25.6 Å². The number of carbonyl (C=O) groups excluding carboxylic acids is 1. The minimum atomic E-state index is -0.177. The third-order valence-corrected chi connectivity index (χ3v) is 6.73.